The molecule has 1 heterocycles. The molecule has 0 radical (unpaired) electrons. The van der Waals surface area contributed by atoms with Gasteiger partial charge in [-0.2, -0.15) is 0 Å². The maximum absolute atomic E-state index is 13.5. The summed E-state index contributed by atoms with van der Waals surface area (Å²) in [5.41, 5.74) is 1.10. The largest absolute Gasteiger partial charge is 0.493 e. The van der Waals surface area contributed by atoms with E-state index in [1.54, 1.807) is 30.3 Å². The molecule has 1 N–H and O–H groups in total. The molecule has 0 spiro atoms. The summed E-state index contributed by atoms with van der Waals surface area (Å²) in [5.74, 6) is 0.0737. The molecule has 0 saturated heterocycles. The lowest BCUT2D eigenvalue weighted by atomic mass is 10.1. The molecule has 2 rings (SSSR count). The number of methoxy groups -OCH3 is 1. The third-order valence-corrected chi connectivity index (χ3v) is 2.78. The quantitative estimate of drug-likeness (QED) is 0.932. The van der Waals surface area contributed by atoms with Crippen molar-refractivity contribution in [2.45, 2.75) is 13.3 Å². The maximum atomic E-state index is 13.5. The van der Waals surface area contributed by atoms with Gasteiger partial charge in [-0.05, 0) is 30.7 Å². The van der Waals surface area contributed by atoms with Crippen molar-refractivity contribution in [2.75, 3.05) is 12.4 Å². The number of anilines is 1. The Morgan fingerprint density at radius 3 is 2.75 bits per heavy atom. The summed E-state index contributed by atoms with van der Waals surface area (Å²) in [7, 11) is 1.50. The fourth-order valence-electron chi connectivity index (χ4n) is 1.79. The summed E-state index contributed by atoms with van der Waals surface area (Å²) in [4.78, 5) is 16.1. The number of aromatic nitrogens is 1. The first-order valence-corrected chi connectivity index (χ1v) is 6.15. The van der Waals surface area contributed by atoms with Gasteiger partial charge in [0.15, 0.2) is 11.6 Å². The van der Waals surface area contributed by atoms with Gasteiger partial charge >= 0.3 is 0 Å². The SMILES string of the molecule is COc1ccc(C)nc1NC(=O)Cc1ccccc1F. The summed E-state index contributed by atoms with van der Waals surface area (Å²) in [6.07, 6.45) is -0.0501. The summed E-state index contributed by atoms with van der Waals surface area (Å²) in [6.45, 7) is 1.81. The van der Waals surface area contributed by atoms with Crippen molar-refractivity contribution in [1.29, 1.82) is 0 Å². The van der Waals surface area contributed by atoms with Gasteiger partial charge in [0.25, 0.3) is 0 Å². The molecule has 0 saturated carbocycles. The van der Waals surface area contributed by atoms with E-state index in [1.807, 2.05) is 6.92 Å². The monoisotopic (exact) mass is 274 g/mol. The van der Waals surface area contributed by atoms with E-state index in [9.17, 15) is 9.18 Å². The van der Waals surface area contributed by atoms with Crippen LogP contribution in [0, 0.1) is 12.7 Å². The highest BCUT2D eigenvalue weighted by atomic mass is 19.1. The zero-order valence-corrected chi connectivity index (χ0v) is 11.3. The van der Waals surface area contributed by atoms with Gasteiger partial charge in [-0.25, -0.2) is 9.37 Å². The van der Waals surface area contributed by atoms with Crippen LogP contribution in [0.2, 0.25) is 0 Å². The summed E-state index contributed by atoms with van der Waals surface area (Å²) >= 11 is 0. The number of hydrogen-bond acceptors (Lipinski definition) is 3. The zero-order valence-electron chi connectivity index (χ0n) is 11.3. The highest BCUT2D eigenvalue weighted by Crippen LogP contribution is 2.22. The van der Waals surface area contributed by atoms with Crippen LogP contribution in [0.4, 0.5) is 10.2 Å². The molecule has 104 valence electrons. The number of nitrogens with one attached hydrogen (secondary N) is 1. The second kappa shape index (κ2) is 6.14. The van der Waals surface area contributed by atoms with Crippen LogP contribution in [0.5, 0.6) is 5.75 Å². The number of hydrogen-bond donors (Lipinski definition) is 1. The predicted molar refractivity (Wildman–Crippen MR) is 74.3 cm³/mol. The van der Waals surface area contributed by atoms with E-state index < -0.39 is 5.82 Å². The molecule has 0 aliphatic carbocycles. The first-order chi connectivity index (χ1) is 9.60. The molecule has 1 amide bonds. The molecule has 4 nitrogen and oxygen atoms in total. The fraction of sp³-hybridized carbons (Fsp3) is 0.200. The lowest BCUT2D eigenvalue weighted by Gasteiger charge is -2.10. The second-order valence-electron chi connectivity index (χ2n) is 4.32. The number of pyridine rings is 1. The van der Waals surface area contributed by atoms with Crippen LogP contribution in [-0.4, -0.2) is 18.0 Å². The number of carbonyl (C=O) groups is 1. The minimum absolute atomic E-state index is 0.0501. The molecule has 0 unspecified atom stereocenters. The van der Waals surface area contributed by atoms with Crippen LogP contribution in [0.1, 0.15) is 11.3 Å². The molecule has 2 aromatic rings. The van der Waals surface area contributed by atoms with Gasteiger partial charge in [-0.3, -0.25) is 4.79 Å². The predicted octanol–water partition coefficient (Wildman–Crippen LogP) is 2.72. The van der Waals surface area contributed by atoms with E-state index in [0.29, 0.717) is 17.1 Å². The van der Waals surface area contributed by atoms with Crippen molar-refractivity contribution >= 4 is 11.7 Å². The Morgan fingerprint density at radius 2 is 2.05 bits per heavy atom. The van der Waals surface area contributed by atoms with Gasteiger partial charge in [0.1, 0.15) is 5.82 Å². The topological polar surface area (TPSA) is 51.2 Å². The van der Waals surface area contributed by atoms with Gasteiger partial charge in [-0.15, -0.1) is 0 Å². The fourth-order valence-corrected chi connectivity index (χ4v) is 1.79. The number of rotatable bonds is 4. The standard InChI is InChI=1S/C15H15FN2O2/c1-10-7-8-13(20-2)15(17-10)18-14(19)9-11-5-3-4-6-12(11)16/h3-8H,9H2,1-2H3,(H,17,18,19). The number of ether oxygens (including phenoxy) is 1. The van der Waals surface area contributed by atoms with E-state index in [1.165, 1.54) is 13.2 Å². The Kier molecular flexibility index (Phi) is 4.30. The Bertz CT molecular complexity index is 629. The highest BCUT2D eigenvalue weighted by molar-refractivity contribution is 5.92. The molecular weight excluding hydrogens is 259 g/mol. The molecule has 0 aliphatic heterocycles. The highest BCUT2D eigenvalue weighted by Gasteiger charge is 2.11. The molecule has 5 heteroatoms. The number of carbonyl (C=O) groups excluding carboxylic acids is 1. The minimum atomic E-state index is -0.396. The Hall–Kier alpha value is -2.43. The first-order valence-electron chi connectivity index (χ1n) is 6.15. The lowest BCUT2D eigenvalue weighted by molar-refractivity contribution is -0.115. The van der Waals surface area contributed by atoms with Gasteiger partial charge < -0.3 is 10.1 Å². The molecule has 0 fully saturated rings. The Labute approximate surface area is 116 Å². The number of amides is 1. The smallest absolute Gasteiger partial charge is 0.230 e. The first kappa shape index (κ1) is 14.0. The maximum Gasteiger partial charge on any atom is 0.230 e. The van der Waals surface area contributed by atoms with Crippen molar-refractivity contribution < 1.29 is 13.9 Å². The average Bonchev–Trinajstić information content (AvgIpc) is 2.41. The van der Waals surface area contributed by atoms with Gasteiger partial charge in [0, 0.05) is 5.69 Å². The minimum Gasteiger partial charge on any atom is -0.493 e. The molecule has 1 aromatic carbocycles. The van der Waals surface area contributed by atoms with Crippen LogP contribution in [0.15, 0.2) is 36.4 Å². The van der Waals surface area contributed by atoms with E-state index in [0.717, 1.165) is 5.69 Å². The second-order valence-corrected chi connectivity index (χ2v) is 4.32. The normalized spacial score (nSPS) is 10.2. The number of benzene rings is 1. The van der Waals surface area contributed by atoms with Gasteiger partial charge in [0.05, 0.1) is 13.5 Å². The third-order valence-electron chi connectivity index (χ3n) is 2.78. The number of aryl methyl sites for hydroxylation is 1. The molecule has 0 bridgehead atoms. The van der Waals surface area contributed by atoms with Gasteiger partial charge in [0.2, 0.25) is 5.91 Å². The zero-order chi connectivity index (χ0) is 14.5. The Balaban J connectivity index is 2.12. The summed E-state index contributed by atoms with van der Waals surface area (Å²) in [5, 5.41) is 2.64. The van der Waals surface area contributed by atoms with Gasteiger partial charge in [-0.1, -0.05) is 18.2 Å². The van der Waals surface area contributed by atoms with E-state index in [4.69, 9.17) is 4.74 Å². The van der Waals surface area contributed by atoms with Crippen molar-refractivity contribution in [3.63, 3.8) is 0 Å². The molecule has 0 aliphatic rings. The molecule has 0 atom stereocenters. The van der Waals surface area contributed by atoms with E-state index >= 15 is 0 Å². The number of halogens is 1. The van der Waals surface area contributed by atoms with E-state index in [-0.39, 0.29) is 12.3 Å². The molecular formula is C15H15FN2O2. The van der Waals surface area contributed by atoms with Crippen LogP contribution >= 0.6 is 0 Å². The Morgan fingerprint density at radius 1 is 1.30 bits per heavy atom. The van der Waals surface area contributed by atoms with Crippen molar-refractivity contribution in [3.8, 4) is 5.75 Å². The third kappa shape index (κ3) is 3.32. The van der Waals surface area contributed by atoms with E-state index in [2.05, 4.69) is 10.3 Å². The van der Waals surface area contributed by atoms with Crippen LogP contribution in [0.3, 0.4) is 0 Å². The summed E-state index contributed by atoms with van der Waals surface area (Å²) in [6, 6.07) is 9.69. The van der Waals surface area contributed by atoms with Crippen LogP contribution in [-0.2, 0) is 11.2 Å². The average molecular weight is 274 g/mol. The van der Waals surface area contributed by atoms with Crippen molar-refractivity contribution in [2.24, 2.45) is 0 Å². The van der Waals surface area contributed by atoms with Crippen LogP contribution in [0.25, 0.3) is 0 Å². The van der Waals surface area contributed by atoms with Crippen molar-refractivity contribution in [3.05, 3.63) is 53.5 Å². The number of nitrogens with zero attached hydrogens (tertiary/aromatic N) is 1. The van der Waals surface area contributed by atoms with Crippen molar-refractivity contribution in [1.82, 2.24) is 4.98 Å². The molecule has 20 heavy (non-hydrogen) atoms. The summed E-state index contributed by atoms with van der Waals surface area (Å²) < 4.78 is 18.6. The molecule has 1 aromatic heterocycles. The van der Waals surface area contributed by atoms with Crippen LogP contribution < -0.4 is 10.1 Å². The lowest BCUT2D eigenvalue weighted by Crippen LogP contribution is -2.17.